The molecule has 168 valence electrons. The molecule has 30 heavy (non-hydrogen) atoms. The molecule has 1 N–H and O–H groups in total. The Labute approximate surface area is 177 Å². The Morgan fingerprint density at radius 3 is 2.37 bits per heavy atom. The Balaban J connectivity index is 2.09. The predicted molar refractivity (Wildman–Crippen MR) is 110 cm³/mol. The lowest BCUT2D eigenvalue weighted by Crippen LogP contribution is -2.45. The molecule has 0 saturated carbocycles. The van der Waals surface area contributed by atoms with Crippen LogP contribution in [0.25, 0.3) is 0 Å². The van der Waals surface area contributed by atoms with Crippen LogP contribution < -0.4 is 0 Å². The van der Waals surface area contributed by atoms with E-state index in [1.165, 1.54) is 4.90 Å². The molecule has 1 amide bonds. The second-order valence-electron chi connectivity index (χ2n) is 7.92. The fourth-order valence-corrected chi connectivity index (χ4v) is 5.35. The smallest absolute Gasteiger partial charge is 0.355 e. The highest BCUT2D eigenvalue weighted by Gasteiger charge is 2.35. The van der Waals surface area contributed by atoms with Gasteiger partial charge in [-0.15, -0.1) is 0 Å². The van der Waals surface area contributed by atoms with Crippen LogP contribution in [0.1, 0.15) is 59.3 Å². The molecule has 0 aromatic carbocycles. The van der Waals surface area contributed by atoms with Crippen LogP contribution in [0, 0.1) is 19.8 Å². The number of ether oxygens (including phenoxy) is 2. The lowest BCUT2D eigenvalue weighted by Gasteiger charge is -2.29. The van der Waals surface area contributed by atoms with Gasteiger partial charge in [-0.1, -0.05) is 13.8 Å². The van der Waals surface area contributed by atoms with Gasteiger partial charge in [0.2, 0.25) is 0 Å². The summed E-state index contributed by atoms with van der Waals surface area (Å²) in [6, 6.07) is -0.409. The summed E-state index contributed by atoms with van der Waals surface area (Å²) < 4.78 is 33.8. The number of aryl methyl sites for hydroxylation is 1. The van der Waals surface area contributed by atoms with Crippen LogP contribution in [0.2, 0.25) is 0 Å². The van der Waals surface area contributed by atoms with E-state index in [-0.39, 0.29) is 35.3 Å². The van der Waals surface area contributed by atoms with Gasteiger partial charge in [-0.3, -0.25) is 4.79 Å². The summed E-state index contributed by atoms with van der Waals surface area (Å²) in [6.45, 7) is 8.87. The number of sulfone groups is 1. The van der Waals surface area contributed by atoms with E-state index < -0.39 is 40.3 Å². The lowest BCUT2D eigenvalue weighted by molar-refractivity contribution is -0.137. The summed E-state index contributed by atoms with van der Waals surface area (Å²) >= 11 is 0. The average Bonchev–Trinajstić information content (AvgIpc) is 3.15. The quantitative estimate of drug-likeness (QED) is 0.607. The number of rotatable bonds is 8. The first-order chi connectivity index (χ1) is 14.0. The van der Waals surface area contributed by atoms with Gasteiger partial charge in [0.1, 0.15) is 5.69 Å². The van der Waals surface area contributed by atoms with Gasteiger partial charge in [0.05, 0.1) is 23.7 Å². The Bertz CT molecular complexity index is 918. The normalized spacial score (nSPS) is 17.7. The van der Waals surface area contributed by atoms with Gasteiger partial charge in [0, 0.05) is 18.3 Å². The van der Waals surface area contributed by atoms with Gasteiger partial charge in [0.25, 0.3) is 5.91 Å². The van der Waals surface area contributed by atoms with E-state index in [2.05, 4.69) is 4.98 Å². The van der Waals surface area contributed by atoms with Gasteiger partial charge >= 0.3 is 11.9 Å². The second-order valence-corrected chi connectivity index (χ2v) is 10.1. The third-order valence-electron chi connectivity index (χ3n) is 4.98. The highest BCUT2D eigenvalue weighted by molar-refractivity contribution is 7.91. The maximum atomic E-state index is 12.7. The van der Waals surface area contributed by atoms with E-state index in [1.54, 1.807) is 20.8 Å². The van der Waals surface area contributed by atoms with Crippen LogP contribution in [-0.4, -0.2) is 73.5 Å². The summed E-state index contributed by atoms with van der Waals surface area (Å²) in [7, 11) is -3.16. The average molecular weight is 443 g/mol. The van der Waals surface area contributed by atoms with Crippen LogP contribution in [0.15, 0.2) is 0 Å². The number of esters is 2. The zero-order chi connectivity index (χ0) is 22.6. The molecule has 1 aliphatic heterocycles. The van der Waals surface area contributed by atoms with E-state index in [0.29, 0.717) is 24.2 Å². The van der Waals surface area contributed by atoms with Crippen LogP contribution >= 0.6 is 0 Å². The largest absolute Gasteiger partial charge is 0.462 e. The van der Waals surface area contributed by atoms with Crippen molar-refractivity contribution in [2.75, 3.05) is 31.3 Å². The Morgan fingerprint density at radius 2 is 1.83 bits per heavy atom. The number of amides is 1. The van der Waals surface area contributed by atoms with Crippen molar-refractivity contribution in [3.05, 3.63) is 22.5 Å². The highest BCUT2D eigenvalue weighted by atomic mass is 32.2. The number of hydrogen-bond acceptors (Lipinski definition) is 7. The van der Waals surface area contributed by atoms with Gasteiger partial charge < -0.3 is 19.4 Å². The minimum atomic E-state index is -3.16. The van der Waals surface area contributed by atoms with Crippen molar-refractivity contribution in [2.24, 2.45) is 5.92 Å². The molecule has 1 aromatic rings. The van der Waals surface area contributed by atoms with Gasteiger partial charge in [0.15, 0.2) is 16.4 Å². The van der Waals surface area contributed by atoms with Crippen molar-refractivity contribution in [3.63, 3.8) is 0 Å². The Kier molecular flexibility index (Phi) is 7.68. The number of aromatic nitrogens is 1. The van der Waals surface area contributed by atoms with Gasteiger partial charge in [-0.05, 0) is 38.7 Å². The Hall–Kier alpha value is -2.36. The van der Waals surface area contributed by atoms with E-state index in [1.807, 2.05) is 13.8 Å². The summed E-state index contributed by atoms with van der Waals surface area (Å²) in [4.78, 5) is 41.6. The fourth-order valence-electron chi connectivity index (χ4n) is 3.62. The molecule has 0 unspecified atom stereocenters. The summed E-state index contributed by atoms with van der Waals surface area (Å²) in [5, 5.41) is 0. The van der Waals surface area contributed by atoms with Gasteiger partial charge in [-0.25, -0.2) is 18.0 Å². The minimum Gasteiger partial charge on any atom is -0.462 e. The maximum Gasteiger partial charge on any atom is 0.355 e. The number of carbonyl (C=O) groups excluding carboxylic acids is 3. The van der Waals surface area contributed by atoms with Crippen molar-refractivity contribution in [2.45, 2.75) is 47.1 Å². The van der Waals surface area contributed by atoms with E-state index in [0.717, 1.165) is 0 Å². The number of hydrogen-bond donors (Lipinski definition) is 1. The molecule has 1 saturated heterocycles. The fraction of sp³-hybridized carbons (Fsp3) is 0.650. The van der Waals surface area contributed by atoms with Crippen molar-refractivity contribution in [1.82, 2.24) is 9.88 Å². The second kappa shape index (κ2) is 9.63. The monoisotopic (exact) mass is 442 g/mol. The third kappa shape index (κ3) is 5.62. The standard InChI is InChI=1S/C20H30N2O7S/c1-6-28-19(24)17-13(4)18(21-14(17)5)20(25)29-10-16(23)22(9-12(2)3)15-7-8-30(26,27)11-15/h12,15,21H,6-11H2,1-5H3/t15-/m0/s1. The number of aromatic amines is 1. The van der Waals surface area contributed by atoms with Crippen LogP contribution in [0.3, 0.4) is 0 Å². The molecule has 1 atom stereocenters. The van der Waals surface area contributed by atoms with Crippen LogP contribution in [0.4, 0.5) is 0 Å². The zero-order valence-corrected chi connectivity index (χ0v) is 18.9. The SMILES string of the molecule is CCOC(=O)c1c(C)[nH]c(C(=O)OCC(=O)N(CC(C)C)[C@H]2CCS(=O)(=O)C2)c1C. The third-order valence-corrected chi connectivity index (χ3v) is 6.73. The Morgan fingerprint density at radius 1 is 1.17 bits per heavy atom. The molecule has 1 aliphatic rings. The van der Waals surface area contributed by atoms with Crippen molar-refractivity contribution in [3.8, 4) is 0 Å². The molecule has 9 nitrogen and oxygen atoms in total. The zero-order valence-electron chi connectivity index (χ0n) is 18.1. The van der Waals surface area contributed by atoms with E-state index in [9.17, 15) is 22.8 Å². The first kappa shape index (κ1) is 23.9. The highest BCUT2D eigenvalue weighted by Crippen LogP contribution is 2.21. The molecule has 0 bridgehead atoms. The van der Waals surface area contributed by atoms with Crippen molar-refractivity contribution >= 4 is 27.7 Å². The molecule has 0 aliphatic carbocycles. The number of nitrogens with one attached hydrogen (secondary N) is 1. The lowest BCUT2D eigenvalue weighted by atomic mass is 10.1. The van der Waals surface area contributed by atoms with Crippen molar-refractivity contribution < 1.29 is 32.3 Å². The van der Waals surface area contributed by atoms with Crippen molar-refractivity contribution in [1.29, 1.82) is 0 Å². The first-order valence-electron chi connectivity index (χ1n) is 10.00. The molecular formula is C20H30N2O7S. The molecule has 0 radical (unpaired) electrons. The molecular weight excluding hydrogens is 412 g/mol. The number of carbonyl (C=O) groups is 3. The van der Waals surface area contributed by atoms with Crippen LogP contribution in [0.5, 0.6) is 0 Å². The van der Waals surface area contributed by atoms with E-state index in [4.69, 9.17) is 9.47 Å². The number of nitrogens with zero attached hydrogens (tertiary/aromatic N) is 1. The van der Waals surface area contributed by atoms with Crippen LogP contribution in [-0.2, 0) is 24.1 Å². The molecule has 10 heteroatoms. The first-order valence-corrected chi connectivity index (χ1v) is 11.8. The summed E-state index contributed by atoms with van der Waals surface area (Å²) in [5.41, 5.74) is 1.22. The minimum absolute atomic E-state index is 0.0525. The molecule has 0 spiro atoms. The summed E-state index contributed by atoms with van der Waals surface area (Å²) in [6.07, 6.45) is 0.382. The maximum absolute atomic E-state index is 12.7. The molecule has 2 rings (SSSR count). The molecule has 1 aromatic heterocycles. The van der Waals surface area contributed by atoms with Gasteiger partial charge in [-0.2, -0.15) is 0 Å². The summed E-state index contributed by atoms with van der Waals surface area (Å²) in [5.74, 6) is -1.62. The van der Waals surface area contributed by atoms with E-state index >= 15 is 0 Å². The molecule has 1 fully saturated rings. The molecule has 2 heterocycles. The number of H-pyrrole nitrogens is 1. The predicted octanol–water partition coefficient (Wildman–Crippen LogP) is 1.64. The topological polar surface area (TPSA) is 123 Å².